The van der Waals surface area contributed by atoms with Crippen LogP contribution in [0, 0.1) is 0 Å². The number of phosphoric acid groups is 2. The van der Waals surface area contributed by atoms with Crippen molar-refractivity contribution in [1.29, 1.82) is 0 Å². The minimum Gasteiger partial charge on any atom is -0.455 e. The SMILES string of the molecule is C=CCCC(=O)N[C@H](Cc1cccc(Cl)c1)C(=O)O[C@H]1[C@@H](O)[C@H](n2cnc3c(N)ncnc32)O[C@H]1COP(=O)(O)O[C@H]1[C@@H](O)[C@H](n2ccc(N)nc2=O)O[C@@H]1COP(=O)(O)O. The van der Waals surface area contributed by atoms with Gasteiger partial charge in [0.1, 0.15) is 54.2 Å². The van der Waals surface area contributed by atoms with E-state index >= 15 is 0 Å². The third-order valence-corrected chi connectivity index (χ3v) is 11.0. The molecule has 6 rings (SSSR count). The van der Waals surface area contributed by atoms with Gasteiger partial charge in [0.25, 0.3) is 0 Å². The summed E-state index contributed by atoms with van der Waals surface area (Å²) in [4.78, 5) is 84.6. The summed E-state index contributed by atoms with van der Waals surface area (Å²) in [5, 5.41) is 25.8. The first-order valence-corrected chi connectivity index (χ1v) is 21.4. The number of nitrogens with zero attached hydrogens (tertiary/aromatic N) is 6. The van der Waals surface area contributed by atoms with Crippen molar-refractivity contribution in [3.05, 3.63) is 82.9 Å². The predicted octanol–water partition coefficient (Wildman–Crippen LogP) is -0.365. The number of anilines is 2. The van der Waals surface area contributed by atoms with E-state index in [0.717, 1.165) is 17.1 Å². The molecular weight excluding hydrogens is 876 g/mol. The highest BCUT2D eigenvalue weighted by Crippen LogP contribution is 2.50. The number of hydrogen-bond acceptors (Lipinski definition) is 19. The van der Waals surface area contributed by atoms with Gasteiger partial charge in [0, 0.05) is 24.1 Å². The van der Waals surface area contributed by atoms with E-state index in [0.29, 0.717) is 10.6 Å². The number of fused-ring (bicyclic) bond motifs is 1. The number of benzene rings is 1. The number of aliphatic hydroxyl groups is 2. The maximum absolute atomic E-state index is 13.9. The molecule has 330 valence electrons. The maximum Gasteiger partial charge on any atom is 0.472 e. The van der Waals surface area contributed by atoms with E-state index in [1.165, 1.54) is 23.0 Å². The molecule has 0 radical (unpaired) electrons. The van der Waals surface area contributed by atoms with Crippen molar-refractivity contribution in [2.45, 2.75) is 74.4 Å². The van der Waals surface area contributed by atoms with E-state index in [4.69, 9.17) is 46.3 Å². The van der Waals surface area contributed by atoms with Crippen molar-refractivity contribution in [3.8, 4) is 0 Å². The number of imidazole rings is 1. The average Bonchev–Trinajstić information content (AvgIpc) is 3.85. The molecule has 5 heterocycles. The lowest BCUT2D eigenvalue weighted by atomic mass is 10.0. The van der Waals surface area contributed by atoms with Gasteiger partial charge in [-0.05, 0) is 30.2 Å². The number of carbonyl (C=O) groups excluding carboxylic acids is 2. The Balaban J connectivity index is 1.26. The molecule has 10 N–H and O–H groups in total. The first-order chi connectivity index (χ1) is 28.8. The Bertz CT molecular complexity index is 2400. The van der Waals surface area contributed by atoms with Crippen LogP contribution in [-0.2, 0) is 52.9 Å². The second-order valence-electron chi connectivity index (χ2n) is 13.5. The average molecular weight is 916 g/mol. The summed E-state index contributed by atoms with van der Waals surface area (Å²) in [6.07, 6.45) is -8.88. The molecule has 3 aromatic heterocycles. The molecule has 1 amide bonds. The van der Waals surface area contributed by atoms with Gasteiger partial charge in [0.2, 0.25) is 5.91 Å². The van der Waals surface area contributed by atoms with Crippen molar-refractivity contribution in [3.63, 3.8) is 0 Å². The lowest BCUT2D eigenvalue weighted by Gasteiger charge is -2.26. The Morgan fingerprint density at radius 1 is 1.00 bits per heavy atom. The monoisotopic (exact) mass is 915 g/mol. The summed E-state index contributed by atoms with van der Waals surface area (Å²) in [6.45, 7) is 1.59. The van der Waals surface area contributed by atoms with Gasteiger partial charge in [0.15, 0.2) is 30.0 Å². The number of nitrogens with two attached hydrogens (primary N) is 2. The molecule has 61 heavy (non-hydrogen) atoms. The fourth-order valence-corrected chi connectivity index (χ4v) is 7.97. The molecule has 2 saturated heterocycles. The molecule has 10 atom stereocenters. The van der Waals surface area contributed by atoms with Gasteiger partial charge in [-0.2, -0.15) is 4.98 Å². The summed E-state index contributed by atoms with van der Waals surface area (Å²) in [6, 6.07) is 6.27. The highest BCUT2D eigenvalue weighted by atomic mass is 35.5. The lowest BCUT2D eigenvalue weighted by Crippen LogP contribution is -2.47. The maximum atomic E-state index is 13.9. The van der Waals surface area contributed by atoms with Crippen LogP contribution in [0.2, 0.25) is 5.02 Å². The highest BCUT2D eigenvalue weighted by molar-refractivity contribution is 7.47. The van der Waals surface area contributed by atoms with E-state index in [9.17, 15) is 48.4 Å². The number of hydrogen-bond donors (Lipinski definition) is 8. The molecule has 2 fully saturated rings. The molecule has 1 aromatic carbocycles. The topological polar surface area (TPSA) is 367 Å². The number of aromatic nitrogens is 6. The van der Waals surface area contributed by atoms with Gasteiger partial charge in [0.05, 0.1) is 19.5 Å². The van der Waals surface area contributed by atoms with Gasteiger partial charge < -0.3 is 55.9 Å². The molecular formula is C33H40ClN9O16P2. The van der Waals surface area contributed by atoms with Crippen LogP contribution in [0.4, 0.5) is 11.6 Å². The quantitative estimate of drug-likeness (QED) is 0.0359. The Morgan fingerprint density at radius 3 is 2.38 bits per heavy atom. The van der Waals surface area contributed by atoms with E-state index in [1.54, 1.807) is 24.3 Å². The molecule has 25 nitrogen and oxygen atoms in total. The van der Waals surface area contributed by atoms with Crippen LogP contribution in [0.15, 0.2) is 66.6 Å². The van der Waals surface area contributed by atoms with E-state index in [1.807, 2.05) is 0 Å². The van der Waals surface area contributed by atoms with Crippen molar-refractivity contribution >= 4 is 61.9 Å². The first-order valence-electron chi connectivity index (χ1n) is 18.0. The van der Waals surface area contributed by atoms with Gasteiger partial charge in [-0.1, -0.05) is 29.8 Å². The summed E-state index contributed by atoms with van der Waals surface area (Å²) in [5.41, 5.74) is 11.2. The Labute approximate surface area is 349 Å². The number of phosphoric ester groups is 2. The molecule has 0 aliphatic carbocycles. The number of esters is 1. The summed E-state index contributed by atoms with van der Waals surface area (Å²) < 4.78 is 59.5. The lowest BCUT2D eigenvalue weighted by molar-refractivity contribution is -0.160. The standard InChI is InChI=1S/C33H40ClN9O16P2/c1-2-3-7-22(44)40-18(11-16-5-4-6-17(34)10-16)32(47)58-26-19(56-31(24(26)45)43-15-39-23-28(36)37-14-38-29(23)43)13-55-61(52,53)59-27-20(12-54-60(49,50)51)57-30(25(27)46)42-9-8-21(35)41-33(42)48/h2,4-6,8-10,14-15,18-20,24-27,30-31,45-46H,1,3,7,11-13H2,(H,40,44)(H,52,53)(H2,35,41,48)(H2,36,37,38)(H2,49,50,51)/t18-,19+,20-,24-,25-,26-,27-,30-,31-/m1/s1. The number of nitrogen functional groups attached to an aromatic ring is 2. The van der Waals surface area contributed by atoms with Crippen molar-refractivity contribution < 1.29 is 71.4 Å². The number of amides is 1. The summed E-state index contributed by atoms with van der Waals surface area (Å²) in [5.74, 6) is -1.80. The van der Waals surface area contributed by atoms with Crippen molar-refractivity contribution in [2.24, 2.45) is 0 Å². The fourth-order valence-electron chi connectivity index (χ4n) is 6.45. The fraction of sp³-hybridized carbons (Fsp3) is 0.424. The third-order valence-electron chi connectivity index (χ3n) is 9.25. The predicted molar refractivity (Wildman–Crippen MR) is 208 cm³/mol. The van der Waals surface area contributed by atoms with Gasteiger partial charge in [-0.15, -0.1) is 6.58 Å². The smallest absolute Gasteiger partial charge is 0.455 e. The van der Waals surface area contributed by atoms with E-state index in [-0.39, 0.29) is 42.1 Å². The number of halogens is 1. The third kappa shape index (κ3) is 11.2. The molecule has 2 aliphatic heterocycles. The zero-order valence-corrected chi connectivity index (χ0v) is 34.0. The second-order valence-corrected chi connectivity index (χ2v) is 16.6. The number of aliphatic hydroxyl groups excluding tert-OH is 2. The van der Waals surface area contributed by atoms with Gasteiger partial charge in [-0.25, -0.2) is 33.7 Å². The van der Waals surface area contributed by atoms with Gasteiger partial charge >= 0.3 is 27.3 Å². The Hall–Kier alpha value is -4.72. The number of carbonyl (C=O) groups is 2. The number of allylic oxidation sites excluding steroid dienone is 1. The zero-order valence-electron chi connectivity index (χ0n) is 31.5. The van der Waals surface area contributed by atoms with E-state index < -0.39 is 102 Å². The van der Waals surface area contributed by atoms with Crippen LogP contribution in [0.3, 0.4) is 0 Å². The zero-order chi connectivity index (χ0) is 44.2. The number of ether oxygens (including phenoxy) is 3. The molecule has 4 aromatic rings. The molecule has 0 bridgehead atoms. The first kappa shape index (κ1) is 45.8. The number of rotatable bonds is 18. The van der Waals surface area contributed by atoms with Crippen LogP contribution in [0.25, 0.3) is 11.2 Å². The Kier molecular flexibility index (Phi) is 14.4. The van der Waals surface area contributed by atoms with Crippen molar-refractivity contribution in [2.75, 3.05) is 24.7 Å². The highest BCUT2D eigenvalue weighted by Gasteiger charge is 2.52. The van der Waals surface area contributed by atoms with Crippen LogP contribution >= 0.6 is 27.2 Å². The minimum atomic E-state index is -5.42. The van der Waals surface area contributed by atoms with Gasteiger partial charge in [-0.3, -0.25) is 27.5 Å². The minimum absolute atomic E-state index is 0.0177. The molecule has 28 heteroatoms. The second kappa shape index (κ2) is 19.1. The molecule has 0 spiro atoms. The molecule has 0 saturated carbocycles. The van der Waals surface area contributed by atoms with Crippen LogP contribution in [0.5, 0.6) is 0 Å². The number of nitrogens with one attached hydrogen (secondary N) is 1. The van der Waals surface area contributed by atoms with E-state index in [2.05, 4.69) is 36.4 Å². The van der Waals surface area contributed by atoms with Crippen LogP contribution in [0.1, 0.15) is 30.9 Å². The largest absolute Gasteiger partial charge is 0.472 e. The van der Waals surface area contributed by atoms with Crippen LogP contribution < -0.4 is 22.5 Å². The Morgan fingerprint density at radius 2 is 1.69 bits per heavy atom. The molecule has 2 aliphatic rings. The van der Waals surface area contributed by atoms with Crippen molar-refractivity contribution in [1.82, 2.24) is 34.4 Å². The molecule has 1 unspecified atom stereocenters. The summed E-state index contributed by atoms with van der Waals surface area (Å²) >= 11 is 6.16. The summed E-state index contributed by atoms with van der Waals surface area (Å²) in [7, 11) is -10.6. The normalized spacial score (nSPS) is 25.5. The van der Waals surface area contributed by atoms with Crippen LogP contribution in [-0.4, -0.2) is 122 Å².